The normalized spacial score (nSPS) is 12.5. The van der Waals surface area contributed by atoms with Gasteiger partial charge in [-0.1, -0.05) is 206 Å². The van der Waals surface area contributed by atoms with Crippen LogP contribution in [-0.2, 0) is 5.41 Å². The molecule has 0 aromatic heterocycles. The highest BCUT2D eigenvalue weighted by Gasteiger charge is 2.51. The van der Waals surface area contributed by atoms with Gasteiger partial charge >= 0.3 is 0 Å². The number of anilines is 6. The van der Waals surface area contributed by atoms with Crippen LogP contribution in [0.1, 0.15) is 22.3 Å². The van der Waals surface area contributed by atoms with Crippen LogP contribution in [0.4, 0.5) is 34.1 Å². The van der Waals surface area contributed by atoms with E-state index in [1.807, 2.05) is 0 Å². The standard InChI is InChI=1S/C67H46N2/c1-4-16-47(17-5-1)50-28-34-53(35-29-50)68(54-36-30-51(31-37-54)48-18-6-2-7-19-48)56-40-42-57(43-41-56)69(55-38-32-52(33-39-55)49-20-8-3-9-21-49)58-44-45-66-62(46-58)61-24-12-15-27-65(61)67(66)63-25-13-10-22-59(63)60-23-11-14-26-64(60)67/h1-46H. The Morgan fingerprint density at radius 1 is 0.188 bits per heavy atom. The molecule has 11 aromatic carbocycles. The molecular weight excluding hydrogens is 833 g/mol. The Kier molecular flexibility index (Phi) is 9.77. The van der Waals surface area contributed by atoms with Gasteiger partial charge in [0.1, 0.15) is 0 Å². The van der Waals surface area contributed by atoms with E-state index in [4.69, 9.17) is 0 Å². The number of hydrogen-bond donors (Lipinski definition) is 0. The highest BCUT2D eigenvalue weighted by atomic mass is 15.2. The lowest BCUT2D eigenvalue weighted by atomic mass is 9.70. The van der Waals surface area contributed by atoms with Crippen molar-refractivity contribution in [3.63, 3.8) is 0 Å². The minimum atomic E-state index is -0.399. The fourth-order valence-electron chi connectivity index (χ4n) is 11.2. The number of rotatable bonds is 9. The second-order valence-electron chi connectivity index (χ2n) is 18.0. The van der Waals surface area contributed by atoms with Gasteiger partial charge in [0.2, 0.25) is 0 Å². The maximum Gasteiger partial charge on any atom is 0.0725 e. The van der Waals surface area contributed by atoms with E-state index in [0.29, 0.717) is 0 Å². The number of hydrogen-bond acceptors (Lipinski definition) is 2. The molecule has 2 aliphatic rings. The van der Waals surface area contributed by atoms with Gasteiger partial charge in [-0.25, -0.2) is 0 Å². The van der Waals surface area contributed by atoms with Crippen molar-refractivity contribution in [2.24, 2.45) is 0 Å². The van der Waals surface area contributed by atoms with Gasteiger partial charge in [-0.15, -0.1) is 0 Å². The van der Waals surface area contributed by atoms with Crippen molar-refractivity contribution < 1.29 is 0 Å². The SMILES string of the molecule is c1ccc(-c2ccc(N(c3ccc(-c4ccccc4)cc3)c3ccc(N(c4ccc(-c5ccccc5)cc4)c4ccc5c(c4)-c4ccccc4C54c5ccccc5-c5ccccc54)cc3)cc2)cc1. The number of fused-ring (bicyclic) bond motifs is 10. The van der Waals surface area contributed by atoms with Gasteiger partial charge < -0.3 is 9.80 Å². The van der Waals surface area contributed by atoms with Gasteiger partial charge in [0, 0.05) is 34.1 Å². The minimum absolute atomic E-state index is 0.399. The molecule has 0 saturated carbocycles. The zero-order valence-electron chi connectivity index (χ0n) is 38.0. The lowest BCUT2D eigenvalue weighted by molar-refractivity contribution is 0.794. The van der Waals surface area contributed by atoms with Crippen molar-refractivity contribution in [2.75, 3.05) is 9.80 Å². The van der Waals surface area contributed by atoms with Crippen molar-refractivity contribution in [2.45, 2.75) is 5.41 Å². The van der Waals surface area contributed by atoms with Crippen molar-refractivity contribution >= 4 is 34.1 Å². The van der Waals surface area contributed by atoms with E-state index in [1.165, 1.54) is 77.9 Å². The predicted molar refractivity (Wildman–Crippen MR) is 288 cm³/mol. The fourth-order valence-corrected chi connectivity index (χ4v) is 11.2. The first-order valence-corrected chi connectivity index (χ1v) is 23.8. The van der Waals surface area contributed by atoms with Crippen LogP contribution in [0.15, 0.2) is 279 Å². The topological polar surface area (TPSA) is 6.48 Å². The van der Waals surface area contributed by atoms with Crippen molar-refractivity contribution in [1.29, 1.82) is 0 Å². The van der Waals surface area contributed by atoms with Crippen LogP contribution in [0.5, 0.6) is 0 Å². The maximum atomic E-state index is 2.43. The molecule has 0 amide bonds. The van der Waals surface area contributed by atoms with Gasteiger partial charge in [0.05, 0.1) is 5.41 Å². The molecule has 0 saturated heterocycles. The molecule has 11 aromatic rings. The molecule has 0 N–H and O–H groups in total. The first-order chi connectivity index (χ1) is 34.2. The Morgan fingerprint density at radius 2 is 0.435 bits per heavy atom. The molecule has 324 valence electrons. The van der Waals surface area contributed by atoms with Crippen LogP contribution >= 0.6 is 0 Å². The third kappa shape index (κ3) is 6.72. The summed E-state index contributed by atoms with van der Waals surface area (Å²) in [7, 11) is 0. The quantitative estimate of drug-likeness (QED) is 0.143. The van der Waals surface area contributed by atoms with Crippen LogP contribution in [0.2, 0.25) is 0 Å². The van der Waals surface area contributed by atoms with E-state index in [-0.39, 0.29) is 0 Å². The molecular formula is C67H46N2. The van der Waals surface area contributed by atoms with Crippen LogP contribution < -0.4 is 9.80 Å². The fraction of sp³-hybridized carbons (Fsp3) is 0.0149. The Bertz CT molecular complexity index is 3490. The average Bonchev–Trinajstić information content (AvgIpc) is 3.90. The molecule has 0 aliphatic heterocycles. The highest BCUT2D eigenvalue weighted by Crippen LogP contribution is 2.63. The molecule has 0 atom stereocenters. The largest absolute Gasteiger partial charge is 0.311 e. The first-order valence-electron chi connectivity index (χ1n) is 23.8. The lowest BCUT2D eigenvalue weighted by Crippen LogP contribution is -2.25. The van der Waals surface area contributed by atoms with Crippen LogP contribution in [0, 0.1) is 0 Å². The molecule has 0 heterocycles. The van der Waals surface area contributed by atoms with Crippen LogP contribution in [0.3, 0.4) is 0 Å². The van der Waals surface area contributed by atoms with E-state index in [0.717, 1.165) is 34.1 Å². The molecule has 0 fully saturated rings. The summed E-state index contributed by atoms with van der Waals surface area (Å²) < 4.78 is 0. The number of nitrogens with zero attached hydrogens (tertiary/aromatic N) is 2. The maximum absolute atomic E-state index is 2.43. The van der Waals surface area contributed by atoms with E-state index in [9.17, 15) is 0 Å². The molecule has 2 heteroatoms. The Morgan fingerprint density at radius 3 is 0.797 bits per heavy atom. The van der Waals surface area contributed by atoms with Crippen LogP contribution in [0.25, 0.3) is 55.6 Å². The predicted octanol–water partition coefficient (Wildman–Crippen LogP) is 18.0. The van der Waals surface area contributed by atoms with Gasteiger partial charge in [0.15, 0.2) is 0 Å². The van der Waals surface area contributed by atoms with Gasteiger partial charge in [-0.05, 0) is 151 Å². The summed E-state index contributed by atoms with van der Waals surface area (Å²) in [5, 5.41) is 0. The smallest absolute Gasteiger partial charge is 0.0725 e. The monoisotopic (exact) mass is 878 g/mol. The van der Waals surface area contributed by atoms with E-state index in [1.54, 1.807) is 0 Å². The van der Waals surface area contributed by atoms with Crippen molar-refractivity contribution in [1.82, 2.24) is 0 Å². The molecule has 0 radical (unpaired) electrons. The summed E-state index contributed by atoms with van der Waals surface area (Å²) in [5.41, 5.74) is 23.8. The summed E-state index contributed by atoms with van der Waals surface area (Å²) in [6.45, 7) is 0. The van der Waals surface area contributed by atoms with Crippen molar-refractivity contribution in [3.8, 4) is 55.6 Å². The van der Waals surface area contributed by atoms with Crippen LogP contribution in [-0.4, -0.2) is 0 Å². The summed E-state index contributed by atoms with van der Waals surface area (Å²) in [5.74, 6) is 0. The summed E-state index contributed by atoms with van der Waals surface area (Å²) in [6.07, 6.45) is 0. The summed E-state index contributed by atoms with van der Waals surface area (Å²) >= 11 is 0. The van der Waals surface area contributed by atoms with Gasteiger partial charge in [-0.2, -0.15) is 0 Å². The zero-order valence-corrected chi connectivity index (χ0v) is 38.0. The molecule has 1 spiro atoms. The Hall–Kier alpha value is -8.98. The lowest BCUT2D eigenvalue weighted by Gasteiger charge is -2.31. The van der Waals surface area contributed by atoms with Crippen molar-refractivity contribution in [3.05, 3.63) is 301 Å². The second kappa shape index (κ2) is 16.7. The molecule has 2 nitrogen and oxygen atoms in total. The Labute approximate surface area is 404 Å². The van der Waals surface area contributed by atoms with E-state index >= 15 is 0 Å². The Balaban J connectivity index is 0.942. The first kappa shape index (κ1) is 40.3. The van der Waals surface area contributed by atoms with Gasteiger partial charge in [-0.3, -0.25) is 0 Å². The molecule has 69 heavy (non-hydrogen) atoms. The van der Waals surface area contributed by atoms with Gasteiger partial charge in [0.25, 0.3) is 0 Å². The summed E-state index contributed by atoms with van der Waals surface area (Å²) in [4.78, 5) is 4.77. The molecule has 13 rings (SSSR count). The van der Waals surface area contributed by atoms with E-state index in [2.05, 4.69) is 289 Å². The molecule has 2 aliphatic carbocycles. The average molecular weight is 879 g/mol. The van der Waals surface area contributed by atoms with E-state index < -0.39 is 5.41 Å². The highest BCUT2D eigenvalue weighted by molar-refractivity contribution is 5.96. The number of benzene rings is 11. The zero-order chi connectivity index (χ0) is 45.7. The third-order valence-corrected chi connectivity index (χ3v) is 14.3. The minimum Gasteiger partial charge on any atom is -0.311 e. The molecule has 0 unspecified atom stereocenters. The molecule has 0 bridgehead atoms. The second-order valence-corrected chi connectivity index (χ2v) is 18.0. The third-order valence-electron chi connectivity index (χ3n) is 14.3. The summed E-state index contributed by atoms with van der Waals surface area (Å²) in [6, 6.07) is 102.